The van der Waals surface area contributed by atoms with Gasteiger partial charge in [0, 0.05) is 0 Å². The summed E-state index contributed by atoms with van der Waals surface area (Å²) in [6.07, 6.45) is 0.362. The highest BCUT2D eigenvalue weighted by atomic mass is 31.0. The van der Waals surface area contributed by atoms with E-state index in [-0.39, 0.29) is 5.41 Å². The van der Waals surface area contributed by atoms with Crippen molar-refractivity contribution in [2.75, 3.05) is 6.61 Å². The van der Waals surface area contributed by atoms with Crippen molar-refractivity contribution in [2.45, 2.75) is 32.6 Å². The van der Waals surface area contributed by atoms with E-state index >= 15 is 0 Å². The molecule has 0 amide bonds. The minimum absolute atomic E-state index is 0.0702. The molecule has 1 N–H and O–H groups in total. The summed E-state index contributed by atoms with van der Waals surface area (Å²) in [5.41, 5.74) is -0.0702. The van der Waals surface area contributed by atoms with Gasteiger partial charge in [0.25, 0.3) is 0 Å². The van der Waals surface area contributed by atoms with Gasteiger partial charge in [0.2, 0.25) is 0 Å². The fraction of sp³-hybridized carbons (Fsp3) is 1.00. The SMILES string of the molecule is CC(C)(C)CC(F)(P)CO. The van der Waals surface area contributed by atoms with E-state index in [0.29, 0.717) is 6.42 Å². The van der Waals surface area contributed by atoms with Gasteiger partial charge in [0.05, 0.1) is 6.61 Å². The Morgan fingerprint density at radius 3 is 1.90 bits per heavy atom. The standard InChI is InChI=1S/C7H16FOP/c1-6(2,3)4-7(8,10)5-9/h9H,4-5,10H2,1-3H3. The molecule has 0 aliphatic carbocycles. The molecule has 0 aliphatic rings. The Kier molecular flexibility index (Phi) is 3.25. The highest BCUT2D eigenvalue weighted by Crippen LogP contribution is 2.34. The normalized spacial score (nSPS) is 18.6. The summed E-state index contributed by atoms with van der Waals surface area (Å²) < 4.78 is 13.0. The Balaban J connectivity index is 3.89. The van der Waals surface area contributed by atoms with E-state index in [0.717, 1.165) is 0 Å². The van der Waals surface area contributed by atoms with E-state index < -0.39 is 12.0 Å². The Hall–Kier alpha value is 0.320. The molecule has 1 nitrogen and oxygen atoms in total. The number of hydrogen-bond donors (Lipinski definition) is 1. The van der Waals surface area contributed by atoms with Crippen LogP contribution in [0.15, 0.2) is 0 Å². The second kappa shape index (κ2) is 3.15. The predicted octanol–water partition coefficient (Wildman–Crippen LogP) is 1.96. The molecule has 0 aromatic carbocycles. The monoisotopic (exact) mass is 166 g/mol. The average Bonchev–Trinajstić information content (AvgIpc) is 1.60. The summed E-state index contributed by atoms with van der Waals surface area (Å²) in [6, 6.07) is 0. The zero-order valence-electron chi connectivity index (χ0n) is 6.82. The lowest BCUT2D eigenvalue weighted by Gasteiger charge is -2.26. The zero-order chi connectivity index (χ0) is 8.41. The Bertz CT molecular complexity index is 107. The van der Waals surface area contributed by atoms with Crippen LogP contribution in [0.25, 0.3) is 0 Å². The molecule has 0 radical (unpaired) electrons. The zero-order valence-corrected chi connectivity index (χ0v) is 7.97. The van der Waals surface area contributed by atoms with Crippen molar-refractivity contribution in [3.05, 3.63) is 0 Å². The maximum absolute atomic E-state index is 13.0. The van der Waals surface area contributed by atoms with Crippen molar-refractivity contribution < 1.29 is 9.50 Å². The molecule has 3 heteroatoms. The number of aliphatic hydroxyl groups excluding tert-OH is 1. The predicted molar refractivity (Wildman–Crippen MR) is 44.7 cm³/mol. The van der Waals surface area contributed by atoms with Crippen LogP contribution in [0, 0.1) is 5.41 Å². The van der Waals surface area contributed by atoms with E-state index in [9.17, 15) is 4.39 Å². The molecule has 0 saturated heterocycles. The molecule has 62 valence electrons. The first-order valence-electron chi connectivity index (χ1n) is 3.35. The fourth-order valence-corrected chi connectivity index (χ4v) is 1.55. The Morgan fingerprint density at radius 2 is 1.80 bits per heavy atom. The van der Waals surface area contributed by atoms with Crippen molar-refractivity contribution in [3.63, 3.8) is 0 Å². The van der Waals surface area contributed by atoms with Crippen LogP contribution in [-0.2, 0) is 0 Å². The smallest absolute Gasteiger partial charge is 0.147 e. The summed E-state index contributed by atoms with van der Waals surface area (Å²) in [6.45, 7) is 5.41. The summed E-state index contributed by atoms with van der Waals surface area (Å²) in [5, 5.41) is 7.06. The largest absolute Gasteiger partial charge is 0.393 e. The number of rotatable bonds is 2. The lowest BCUT2D eigenvalue weighted by molar-refractivity contribution is 0.107. The molecule has 0 fully saturated rings. The third kappa shape index (κ3) is 5.13. The molecule has 0 aromatic rings. The Labute approximate surface area is 64.2 Å². The van der Waals surface area contributed by atoms with Crippen molar-refractivity contribution in [2.24, 2.45) is 5.41 Å². The minimum Gasteiger partial charge on any atom is -0.393 e. The fourth-order valence-electron chi connectivity index (χ4n) is 0.938. The maximum Gasteiger partial charge on any atom is 0.147 e. The van der Waals surface area contributed by atoms with Crippen molar-refractivity contribution in [3.8, 4) is 0 Å². The quantitative estimate of drug-likeness (QED) is 0.622. The van der Waals surface area contributed by atoms with Gasteiger partial charge < -0.3 is 5.11 Å². The van der Waals surface area contributed by atoms with Crippen molar-refractivity contribution in [1.29, 1.82) is 0 Å². The minimum atomic E-state index is -1.50. The number of alkyl halides is 1. The lowest BCUT2D eigenvalue weighted by atomic mass is 9.89. The van der Waals surface area contributed by atoms with Crippen LogP contribution in [0.4, 0.5) is 4.39 Å². The van der Waals surface area contributed by atoms with E-state index in [1.54, 1.807) is 0 Å². The van der Waals surface area contributed by atoms with Gasteiger partial charge in [0.1, 0.15) is 5.41 Å². The summed E-state index contributed by atoms with van der Waals surface area (Å²) >= 11 is 0. The van der Waals surface area contributed by atoms with E-state index in [4.69, 9.17) is 5.11 Å². The second-order valence-electron chi connectivity index (χ2n) is 3.93. The molecule has 10 heavy (non-hydrogen) atoms. The van der Waals surface area contributed by atoms with Gasteiger partial charge in [-0.3, -0.25) is 0 Å². The molecular formula is C7H16FOP. The first kappa shape index (κ1) is 10.3. The van der Waals surface area contributed by atoms with Crippen LogP contribution in [-0.4, -0.2) is 17.1 Å². The van der Waals surface area contributed by atoms with E-state index in [1.165, 1.54) is 0 Å². The van der Waals surface area contributed by atoms with Gasteiger partial charge in [-0.15, -0.1) is 0 Å². The first-order valence-corrected chi connectivity index (χ1v) is 3.93. The van der Waals surface area contributed by atoms with Crippen LogP contribution < -0.4 is 0 Å². The third-order valence-electron chi connectivity index (χ3n) is 1.09. The van der Waals surface area contributed by atoms with Crippen LogP contribution in [0.1, 0.15) is 27.2 Å². The van der Waals surface area contributed by atoms with Crippen molar-refractivity contribution >= 4 is 9.24 Å². The van der Waals surface area contributed by atoms with Gasteiger partial charge in [-0.05, 0) is 11.8 Å². The molecule has 0 aromatic heterocycles. The van der Waals surface area contributed by atoms with Gasteiger partial charge in [-0.25, -0.2) is 4.39 Å². The maximum atomic E-state index is 13.0. The first-order chi connectivity index (χ1) is 4.27. The number of aliphatic hydroxyl groups is 1. The highest BCUT2D eigenvalue weighted by Gasteiger charge is 2.28. The number of hydrogen-bond acceptors (Lipinski definition) is 1. The average molecular weight is 166 g/mol. The third-order valence-corrected chi connectivity index (χ3v) is 1.47. The Morgan fingerprint density at radius 1 is 1.40 bits per heavy atom. The molecule has 0 aliphatic heterocycles. The molecule has 0 saturated carbocycles. The van der Waals surface area contributed by atoms with Gasteiger partial charge in [-0.1, -0.05) is 30.0 Å². The van der Waals surface area contributed by atoms with Crippen LogP contribution in [0.5, 0.6) is 0 Å². The molecule has 2 atom stereocenters. The van der Waals surface area contributed by atoms with Gasteiger partial charge in [-0.2, -0.15) is 0 Å². The van der Waals surface area contributed by atoms with Crippen LogP contribution >= 0.6 is 9.24 Å². The molecule has 0 rings (SSSR count). The topological polar surface area (TPSA) is 20.2 Å². The highest BCUT2D eigenvalue weighted by molar-refractivity contribution is 7.18. The molecule has 0 heterocycles. The van der Waals surface area contributed by atoms with E-state index in [1.807, 2.05) is 30.0 Å². The summed E-state index contributed by atoms with van der Waals surface area (Å²) in [4.78, 5) is 0. The van der Waals surface area contributed by atoms with E-state index in [2.05, 4.69) is 0 Å². The van der Waals surface area contributed by atoms with Crippen molar-refractivity contribution in [1.82, 2.24) is 0 Å². The van der Waals surface area contributed by atoms with Crippen LogP contribution in [0.3, 0.4) is 0 Å². The molecular weight excluding hydrogens is 150 g/mol. The molecule has 2 unspecified atom stereocenters. The molecule has 0 spiro atoms. The summed E-state index contributed by atoms with van der Waals surface area (Å²) in [7, 11) is 2.04. The lowest BCUT2D eigenvalue weighted by Crippen LogP contribution is -2.26. The second-order valence-corrected chi connectivity index (χ2v) is 4.96. The van der Waals surface area contributed by atoms with Crippen LogP contribution in [0.2, 0.25) is 0 Å². The van der Waals surface area contributed by atoms with Gasteiger partial charge in [0.15, 0.2) is 0 Å². The number of halogens is 1. The van der Waals surface area contributed by atoms with Gasteiger partial charge >= 0.3 is 0 Å². The summed E-state index contributed by atoms with van der Waals surface area (Å²) in [5.74, 6) is 0. The molecule has 0 bridgehead atoms.